The topological polar surface area (TPSA) is 0 Å². The molecule has 1 rings (SSSR count). The van der Waals surface area contributed by atoms with Gasteiger partial charge in [0.25, 0.3) is 0 Å². The van der Waals surface area contributed by atoms with Gasteiger partial charge in [0, 0.05) is 5.25 Å². The lowest BCUT2D eigenvalue weighted by atomic mass is 9.81. The predicted molar refractivity (Wildman–Crippen MR) is 57.6 cm³/mol. The molecule has 0 saturated carbocycles. The van der Waals surface area contributed by atoms with E-state index in [-0.39, 0.29) is 12.4 Å². The molecule has 0 radical (unpaired) electrons. The highest BCUT2D eigenvalue weighted by atomic mass is 35.5. The van der Waals surface area contributed by atoms with Crippen molar-refractivity contribution >= 4 is 25.0 Å². The second-order valence-corrected chi connectivity index (χ2v) is 3.71. The van der Waals surface area contributed by atoms with Gasteiger partial charge in [-0.15, -0.1) is 12.4 Å². The predicted octanol–water partition coefficient (Wildman–Crippen LogP) is 3.10. The average molecular weight is 245 g/mol. The normalized spacial score (nSPS) is 24.0. The SMILES string of the molecule is Cl.FCC1=CC(CF)(CF)C(S)C=C1. The van der Waals surface area contributed by atoms with E-state index in [1.165, 1.54) is 18.2 Å². The quantitative estimate of drug-likeness (QED) is 0.725. The molecule has 1 unspecified atom stereocenters. The van der Waals surface area contributed by atoms with E-state index in [1.807, 2.05) is 0 Å². The van der Waals surface area contributed by atoms with Gasteiger partial charge in [-0.2, -0.15) is 12.6 Å². The van der Waals surface area contributed by atoms with E-state index in [1.54, 1.807) is 0 Å². The largest absolute Gasteiger partial charge is 0.250 e. The van der Waals surface area contributed by atoms with Crippen molar-refractivity contribution < 1.29 is 13.2 Å². The van der Waals surface area contributed by atoms with Crippen LogP contribution in [0.5, 0.6) is 0 Å². The monoisotopic (exact) mass is 244 g/mol. The van der Waals surface area contributed by atoms with Gasteiger partial charge in [0.05, 0.1) is 5.41 Å². The third-order valence-electron chi connectivity index (χ3n) is 2.21. The summed E-state index contributed by atoms with van der Waals surface area (Å²) in [5, 5.41) is -0.516. The fraction of sp³-hybridized carbons (Fsp3) is 0.556. The summed E-state index contributed by atoms with van der Waals surface area (Å²) in [4.78, 5) is 0. The lowest BCUT2D eigenvalue weighted by Crippen LogP contribution is -2.35. The molecule has 0 aromatic heterocycles. The molecule has 0 nitrogen and oxygen atoms in total. The smallest absolute Gasteiger partial charge is 0.114 e. The zero-order chi connectivity index (χ0) is 9.90. The zero-order valence-corrected chi connectivity index (χ0v) is 9.13. The van der Waals surface area contributed by atoms with E-state index >= 15 is 0 Å². The van der Waals surface area contributed by atoms with Crippen LogP contribution in [0.25, 0.3) is 0 Å². The number of rotatable bonds is 3. The Labute approximate surface area is 93.1 Å². The van der Waals surface area contributed by atoms with Crippen LogP contribution < -0.4 is 0 Å². The molecular weight excluding hydrogens is 233 g/mol. The van der Waals surface area contributed by atoms with Crippen molar-refractivity contribution in [1.29, 1.82) is 0 Å². The molecule has 0 fully saturated rings. The van der Waals surface area contributed by atoms with Crippen LogP contribution in [-0.4, -0.2) is 25.3 Å². The Kier molecular flexibility index (Phi) is 5.67. The first-order chi connectivity index (χ1) is 6.18. The molecule has 0 N–H and O–H groups in total. The number of thiol groups is 1. The Balaban J connectivity index is 0.00000169. The van der Waals surface area contributed by atoms with E-state index in [0.29, 0.717) is 5.57 Å². The van der Waals surface area contributed by atoms with Crippen LogP contribution in [0.3, 0.4) is 0 Å². The molecular formula is C9H12ClF3S. The van der Waals surface area contributed by atoms with Crippen LogP contribution in [-0.2, 0) is 0 Å². The van der Waals surface area contributed by atoms with Crippen molar-refractivity contribution in [2.75, 3.05) is 20.0 Å². The highest BCUT2D eigenvalue weighted by molar-refractivity contribution is 7.81. The molecule has 0 saturated heterocycles. The molecule has 0 heterocycles. The van der Waals surface area contributed by atoms with Crippen LogP contribution in [0.4, 0.5) is 13.2 Å². The van der Waals surface area contributed by atoms with Crippen molar-refractivity contribution in [3.05, 3.63) is 23.8 Å². The number of alkyl halides is 3. The minimum Gasteiger partial charge on any atom is -0.250 e. The van der Waals surface area contributed by atoms with Gasteiger partial charge in [-0.05, 0) is 5.57 Å². The van der Waals surface area contributed by atoms with Gasteiger partial charge in [0.2, 0.25) is 0 Å². The molecule has 0 aliphatic heterocycles. The summed E-state index contributed by atoms with van der Waals surface area (Å²) in [6, 6.07) is 0. The summed E-state index contributed by atoms with van der Waals surface area (Å²) < 4.78 is 37.4. The Morgan fingerprint density at radius 3 is 2.29 bits per heavy atom. The first kappa shape index (κ1) is 13.9. The van der Waals surface area contributed by atoms with Crippen molar-refractivity contribution in [2.24, 2.45) is 5.41 Å². The summed E-state index contributed by atoms with van der Waals surface area (Å²) in [7, 11) is 0. The van der Waals surface area contributed by atoms with Crippen LogP contribution in [0.15, 0.2) is 23.8 Å². The molecule has 0 bridgehead atoms. The summed E-state index contributed by atoms with van der Waals surface area (Å²) in [6.45, 7) is -2.41. The van der Waals surface area contributed by atoms with Crippen molar-refractivity contribution in [3.63, 3.8) is 0 Å². The number of hydrogen-bond acceptors (Lipinski definition) is 1. The van der Waals surface area contributed by atoms with E-state index < -0.39 is 30.7 Å². The second-order valence-electron chi connectivity index (χ2n) is 3.16. The first-order valence-corrected chi connectivity index (χ1v) is 4.46. The minimum atomic E-state index is -1.26. The van der Waals surface area contributed by atoms with Gasteiger partial charge in [-0.25, -0.2) is 13.2 Å². The first-order valence-electron chi connectivity index (χ1n) is 3.94. The Morgan fingerprint density at radius 2 is 1.86 bits per heavy atom. The fourth-order valence-corrected chi connectivity index (χ4v) is 1.56. The number of halogens is 4. The molecule has 1 aliphatic rings. The van der Waals surface area contributed by atoms with Crippen LogP contribution in [0.1, 0.15) is 0 Å². The van der Waals surface area contributed by atoms with Crippen LogP contribution >= 0.6 is 25.0 Å². The summed E-state index contributed by atoms with van der Waals surface area (Å²) in [5.74, 6) is 0. The van der Waals surface area contributed by atoms with E-state index in [0.717, 1.165) is 0 Å². The standard InChI is InChI=1S/C9H11F3S.ClH/c10-4-7-1-2-8(13)9(3-7,5-11)6-12;/h1-3,8,13H,4-6H2;1H. The van der Waals surface area contributed by atoms with Crippen LogP contribution in [0.2, 0.25) is 0 Å². The second kappa shape index (κ2) is 5.71. The number of hydrogen-bond donors (Lipinski definition) is 1. The maximum absolute atomic E-state index is 12.6. The highest BCUT2D eigenvalue weighted by Gasteiger charge is 2.36. The van der Waals surface area contributed by atoms with Gasteiger partial charge in [0.15, 0.2) is 0 Å². The Bertz CT molecular complexity index is 236. The molecule has 0 aromatic rings. The molecule has 0 amide bonds. The lowest BCUT2D eigenvalue weighted by Gasteiger charge is -2.31. The molecule has 0 spiro atoms. The van der Waals surface area contributed by atoms with Crippen molar-refractivity contribution in [1.82, 2.24) is 0 Å². The zero-order valence-electron chi connectivity index (χ0n) is 7.42. The highest BCUT2D eigenvalue weighted by Crippen LogP contribution is 2.35. The van der Waals surface area contributed by atoms with Gasteiger partial charge < -0.3 is 0 Å². The number of allylic oxidation sites excluding steroid dienone is 3. The van der Waals surface area contributed by atoms with E-state index in [4.69, 9.17) is 0 Å². The molecule has 1 atom stereocenters. The van der Waals surface area contributed by atoms with E-state index in [9.17, 15) is 13.2 Å². The Morgan fingerprint density at radius 1 is 1.29 bits per heavy atom. The van der Waals surface area contributed by atoms with Gasteiger partial charge in [-0.3, -0.25) is 0 Å². The molecule has 14 heavy (non-hydrogen) atoms. The molecule has 82 valence electrons. The summed E-state index contributed by atoms with van der Waals surface area (Å²) in [6.07, 6.45) is 4.35. The molecule has 5 heteroatoms. The molecule has 1 aliphatic carbocycles. The van der Waals surface area contributed by atoms with Gasteiger partial charge >= 0.3 is 0 Å². The van der Waals surface area contributed by atoms with Gasteiger partial charge in [-0.1, -0.05) is 18.2 Å². The summed E-state index contributed by atoms with van der Waals surface area (Å²) >= 11 is 4.05. The maximum Gasteiger partial charge on any atom is 0.114 e. The third kappa shape index (κ3) is 2.48. The maximum atomic E-state index is 12.6. The lowest BCUT2D eigenvalue weighted by molar-refractivity contribution is 0.214. The van der Waals surface area contributed by atoms with Crippen molar-refractivity contribution in [2.45, 2.75) is 5.25 Å². The Hall–Kier alpha value is -0.0900. The average Bonchev–Trinajstić information content (AvgIpc) is 2.19. The summed E-state index contributed by atoms with van der Waals surface area (Å²) in [5.41, 5.74) is -0.945. The molecule has 0 aromatic carbocycles. The van der Waals surface area contributed by atoms with E-state index in [2.05, 4.69) is 12.6 Å². The van der Waals surface area contributed by atoms with Crippen molar-refractivity contribution in [3.8, 4) is 0 Å². The van der Waals surface area contributed by atoms with Crippen LogP contribution in [0, 0.1) is 5.41 Å². The van der Waals surface area contributed by atoms with Gasteiger partial charge in [0.1, 0.15) is 20.0 Å². The minimum absolute atomic E-state index is 0. The fourth-order valence-electron chi connectivity index (χ4n) is 1.26. The third-order valence-corrected chi connectivity index (χ3v) is 2.89.